The molecule has 0 unspecified atom stereocenters. The summed E-state index contributed by atoms with van der Waals surface area (Å²) in [5, 5.41) is 3.72. The lowest BCUT2D eigenvalue weighted by molar-refractivity contribution is 0.0845. The van der Waals surface area contributed by atoms with E-state index < -0.39 is 0 Å². The zero-order chi connectivity index (χ0) is 12.0. The zero-order valence-corrected chi connectivity index (χ0v) is 8.78. The van der Waals surface area contributed by atoms with Crippen LogP contribution in [0.25, 0.3) is 10.8 Å². The van der Waals surface area contributed by atoms with Gasteiger partial charge in [-0.05, 0) is 23.6 Å². The molecule has 0 radical (unpaired) electrons. The highest BCUT2D eigenvalue weighted by Crippen LogP contribution is 2.28. The highest BCUT2D eigenvalue weighted by molar-refractivity contribution is 6.26. The Morgan fingerprint density at radius 1 is 1.00 bits per heavy atom. The number of nitrogens with one attached hydrogen (secondary N) is 1. The summed E-state index contributed by atoms with van der Waals surface area (Å²) < 4.78 is 0. The number of rotatable bonds is 0. The quantitative estimate of drug-likeness (QED) is 0.543. The van der Waals surface area contributed by atoms with Crippen molar-refractivity contribution < 1.29 is 9.59 Å². The molecule has 3 heteroatoms. The van der Waals surface area contributed by atoms with Gasteiger partial charge in [-0.25, -0.2) is 0 Å². The van der Waals surface area contributed by atoms with Crippen LogP contribution in [0.3, 0.4) is 0 Å². The van der Waals surface area contributed by atoms with Crippen LogP contribution in [0.1, 0.15) is 26.3 Å². The van der Waals surface area contributed by atoms with Gasteiger partial charge in [0.25, 0.3) is 11.8 Å². The number of hydrogen-bond donors (Lipinski definition) is 1. The maximum atomic E-state index is 11.7. The summed E-state index contributed by atoms with van der Waals surface area (Å²) in [4.78, 5) is 23.4. The third-order valence-corrected chi connectivity index (χ3v) is 2.91. The first-order valence-corrected chi connectivity index (χ1v) is 5.10. The molecule has 17 heavy (non-hydrogen) atoms. The van der Waals surface area contributed by atoms with Crippen molar-refractivity contribution in [1.29, 1.82) is 0 Å². The fraction of sp³-hybridized carbons (Fsp3) is 0. The second-order valence-electron chi connectivity index (χ2n) is 3.82. The molecule has 0 saturated carbocycles. The van der Waals surface area contributed by atoms with Crippen molar-refractivity contribution in [3.05, 3.63) is 47.0 Å². The number of benzene rings is 2. The molecule has 0 fully saturated rings. The van der Waals surface area contributed by atoms with E-state index in [1.807, 2.05) is 6.07 Å². The van der Waals surface area contributed by atoms with Crippen LogP contribution in [0.15, 0.2) is 30.3 Å². The van der Waals surface area contributed by atoms with E-state index in [4.69, 9.17) is 6.42 Å². The Balaban J connectivity index is 2.57. The molecule has 1 aliphatic rings. The second kappa shape index (κ2) is 3.19. The first-order chi connectivity index (χ1) is 8.22. The Hall–Kier alpha value is -2.60. The number of amides is 2. The minimum atomic E-state index is -0.373. The maximum absolute atomic E-state index is 11.7. The van der Waals surface area contributed by atoms with Crippen LogP contribution in [-0.4, -0.2) is 11.8 Å². The van der Waals surface area contributed by atoms with E-state index in [1.165, 1.54) is 0 Å². The molecule has 2 amide bonds. The van der Waals surface area contributed by atoms with Gasteiger partial charge in [0.05, 0.1) is 0 Å². The molecule has 1 heterocycles. The minimum absolute atomic E-state index is 0.373. The molecule has 0 aliphatic carbocycles. The molecule has 80 valence electrons. The second-order valence-corrected chi connectivity index (χ2v) is 3.82. The van der Waals surface area contributed by atoms with Gasteiger partial charge in [-0.2, -0.15) is 0 Å². The monoisotopic (exact) mass is 221 g/mol. The molecule has 3 nitrogen and oxygen atoms in total. The number of hydrogen-bond acceptors (Lipinski definition) is 2. The van der Waals surface area contributed by atoms with Crippen molar-refractivity contribution in [2.45, 2.75) is 0 Å². The standard InChI is InChI=1S/C14H7NO2/c1-2-8-6-7-11-12-9(8)4-3-5-10(12)13(16)15-14(11)17/h1,3-7H,(H,15,16,17). The lowest BCUT2D eigenvalue weighted by Gasteiger charge is -2.16. The summed E-state index contributed by atoms with van der Waals surface area (Å²) >= 11 is 0. The first kappa shape index (κ1) is 9.61. The van der Waals surface area contributed by atoms with Crippen LogP contribution >= 0.6 is 0 Å². The van der Waals surface area contributed by atoms with Crippen LogP contribution in [0, 0.1) is 12.3 Å². The zero-order valence-electron chi connectivity index (χ0n) is 8.78. The normalized spacial score (nSPS) is 13.4. The largest absolute Gasteiger partial charge is 0.288 e. The first-order valence-electron chi connectivity index (χ1n) is 5.10. The van der Waals surface area contributed by atoms with Gasteiger partial charge in [0, 0.05) is 22.1 Å². The third kappa shape index (κ3) is 1.18. The molecule has 1 aliphatic heterocycles. The van der Waals surface area contributed by atoms with E-state index in [1.54, 1.807) is 24.3 Å². The van der Waals surface area contributed by atoms with Crippen molar-refractivity contribution in [3.8, 4) is 12.3 Å². The van der Waals surface area contributed by atoms with Gasteiger partial charge in [-0.15, -0.1) is 6.42 Å². The van der Waals surface area contributed by atoms with Gasteiger partial charge in [0.2, 0.25) is 0 Å². The Morgan fingerprint density at radius 2 is 1.71 bits per heavy atom. The van der Waals surface area contributed by atoms with Crippen LogP contribution in [0.5, 0.6) is 0 Å². The van der Waals surface area contributed by atoms with E-state index in [0.29, 0.717) is 22.1 Å². The summed E-state index contributed by atoms with van der Waals surface area (Å²) in [5.41, 5.74) is 1.68. The summed E-state index contributed by atoms with van der Waals surface area (Å²) in [6, 6.07) is 8.65. The average molecular weight is 221 g/mol. The van der Waals surface area contributed by atoms with Gasteiger partial charge in [0.1, 0.15) is 0 Å². The topological polar surface area (TPSA) is 46.2 Å². The Bertz CT molecular complexity index is 703. The molecule has 2 aromatic rings. The molecule has 0 bridgehead atoms. The lowest BCUT2D eigenvalue weighted by Crippen LogP contribution is -2.34. The van der Waals surface area contributed by atoms with Gasteiger partial charge in [0.15, 0.2) is 0 Å². The fourth-order valence-corrected chi connectivity index (χ4v) is 2.15. The molecule has 3 rings (SSSR count). The maximum Gasteiger partial charge on any atom is 0.258 e. The van der Waals surface area contributed by atoms with Crippen molar-refractivity contribution >= 4 is 22.6 Å². The highest BCUT2D eigenvalue weighted by Gasteiger charge is 2.24. The van der Waals surface area contributed by atoms with Crippen LogP contribution < -0.4 is 5.32 Å². The van der Waals surface area contributed by atoms with Crippen LogP contribution in [-0.2, 0) is 0 Å². The molecule has 0 atom stereocenters. The molecule has 2 aromatic carbocycles. The Morgan fingerprint density at radius 3 is 2.41 bits per heavy atom. The van der Waals surface area contributed by atoms with Crippen LogP contribution in [0.4, 0.5) is 0 Å². The molecule has 1 N–H and O–H groups in total. The number of carbonyl (C=O) groups excluding carboxylic acids is 2. The number of imide groups is 1. The van der Waals surface area contributed by atoms with Gasteiger partial charge >= 0.3 is 0 Å². The predicted molar refractivity (Wildman–Crippen MR) is 63.7 cm³/mol. The Kier molecular flexibility index (Phi) is 1.81. The minimum Gasteiger partial charge on any atom is -0.288 e. The smallest absolute Gasteiger partial charge is 0.258 e. The molecule has 0 aromatic heterocycles. The number of terminal acetylenes is 1. The summed E-state index contributed by atoms with van der Waals surface area (Å²) in [7, 11) is 0. The van der Waals surface area contributed by atoms with Crippen molar-refractivity contribution in [1.82, 2.24) is 5.32 Å². The van der Waals surface area contributed by atoms with E-state index in [-0.39, 0.29) is 11.8 Å². The lowest BCUT2D eigenvalue weighted by atomic mass is 9.92. The van der Waals surface area contributed by atoms with Gasteiger partial charge in [-0.1, -0.05) is 18.1 Å². The van der Waals surface area contributed by atoms with Crippen molar-refractivity contribution in [2.75, 3.05) is 0 Å². The van der Waals surface area contributed by atoms with Gasteiger partial charge < -0.3 is 0 Å². The molecule has 0 saturated heterocycles. The third-order valence-electron chi connectivity index (χ3n) is 2.91. The Labute approximate surface area is 97.4 Å². The number of carbonyl (C=O) groups is 2. The van der Waals surface area contributed by atoms with E-state index >= 15 is 0 Å². The summed E-state index contributed by atoms with van der Waals surface area (Å²) in [5.74, 6) is 1.81. The van der Waals surface area contributed by atoms with E-state index in [9.17, 15) is 9.59 Å². The average Bonchev–Trinajstić information content (AvgIpc) is 2.35. The van der Waals surface area contributed by atoms with E-state index in [0.717, 1.165) is 5.39 Å². The molecular formula is C14H7NO2. The van der Waals surface area contributed by atoms with Gasteiger partial charge in [-0.3, -0.25) is 14.9 Å². The van der Waals surface area contributed by atoms with Crippen molar-refractivity contribution in [2.24, 2.45) is 0 Å². The fourth-order valence-electron chi connectivity index (χ4n) is 2.15. The summed E-state index contributed by atoms with van der Waals surface area (Å²) in [6.45, 7) is 0. The summed E-state index contributed by atoms with van der Waals surface area (Å²) in [6.07, 6.45) is 5.41. The predicted octanol–water partition coefficient (Wildman–Crippen LogP) is 1.70. The van der Waals surface area contributed by atoms with Crippen molar-refractivity contribution in [3.63, 3.8) is 0 Å². The molecule has 0 spiro atoms. The van der Waals surface area contributed by atoms with E-state index in [2.05, 4.69) is 11.2 Å². The SMILES string of the molecule is C#Cc1ccc2c3c(cccc13)C(=O)NC2=O. The highest BCUT2D eigenvalue weighted by atomic mass is 16.2. The molecular weight excluding hydrogens is 214 g/mol. The van der Waals surface area contributed by atoms with Crippen LogP contribution in [0.2, 0.25) is 0 Å².